The number of aryl methyl sites for hydroxylation is 3. The van der Waals surface area contributed by atoms with Crippen molar-refractivity contribution in [3.05, 3.63) is 27.2 Å². The zero-order valence-electron chi connectivity index (χ0n) is 14.1. The summed E-state index contributed by atoms with van der Waals surface area (Å²) in [5, 5.41) is 15.0. The second kappa shape index (κ2) is 6.95. The largest absolute Gasteiger partial charge is 0.396 e. The highest BCUT2D eigenvalue weighted by molar-refractivity contribution is 5.84. The van der Waals surface area contributed by atoms with Crippen molar-refractivity contribution in [2.24, 2.45) is 7.05 Å². The molecule has 0 aliphatic carbocycles. The topological polar surface area (TPSA) is 100 Å². The average molecular weight is 320 g/mol. The first-order chi connectivity index (χ1) is 10.8. The van der Waals surface area contributed by atoms with Crippen LogP contribution >= 0.6 is 0 Å². The third-order valence-electron chi connectivity index (χ3n) is 4.12. The molecule has 1 atom stereocenters. The van der Waals surface area contributed by atoms with Gasteiger partial charge >= 0.3 is 0 Å². The maximum atomic E-state index is 12.2. The molecule has 0 saturated carbocycles. The van der Waals surface area contributed by atoms with E-state index in [0.717, 1.165) is 23.2 Å². The van der Waals surface area contributed by atoms with Gasteiger partial charge in [-0.15, -0.1) is 0 Å². The lowest BCUT2D eigenvalue weighted by atomic mass is 10.0. The molecule has 3 N–H and O–H groups in total. The Hall–Kier alpha value is -2.15. The van der Waals surface area contributed by atoms with Gasteiger partial charge in [0.25, 0.3) is 5.56 Å². The molecule has 23 heavy (non-hydrogen) atoms. The SMILES string of the molecule is Cc1nc2c(c(C)c1CC(=O)NC(C)CCCO)c(=O)[nH]n2C. The molecule has 0 fully saturated rings. The van der Waals surface area contributed by atoms with Crippen molar-refractivity contribution in [2.75, 3.05) is 6.61 Å². The van der Waals surface area contributed by atoms with Crippen molar-refractivity contribution in [3.8, 4) is 0 Å². The van der Waals surface area contributed by atoms with Crippen molar-refractivity contribution in [3.63, 3.8) is 0 Å². The van der Waals surface area contributed by atoms with Crippen LogP contribution < -0.4 is 10.9 Å². The maximum Gasteiger partial charge on any atom is 0.273 e. The predicted octanol–water partition coefficient (Wildman–Crippen LogP) is 0.698. The van der Waals surface area contributed by atoms with Crippen molar-refractivity contribution in [2.45, 2.75) is 46.1 Å². The quantitative estimate of drug-likeness (QED) is 0.729. The van der Waals surface area contributed by atoms with Crippen molar-refractivity contribution in [1.29, 1.82) is 0 Å². The standard InChI is InChI=1S/C16H24N4O3/c1-9(6-5-7-21)17-13(22)8-12-10(2)14-15(18-11(12)3)20(4)19-16(14)23/h9,21H,5-8H2,1-4H3,(H,17,22)(H,19,23). The average Bonchev–Trinajstić information content (AvgIpc) is 2.75. The lowest BCUT2D eigenvalue weighted by Gasteiger charge is -2.15. The van der Waals surface area contributed by atoms with Gasteiger partial charge in [0.15, 0.2) is 5.65 Å². The molecule has 0 radical (unpaired) electrons. The van der Waals surface area contributed by atoms with E-state index in [9.17, 15) is 9.59 Å². The van der Waals surface area contributed by atoms with Gasteiger partial charge < -0.3 is 10.4 Å². The summed E-state index contributed by atoms with van der Waals surface area (Å²) in [5.41, 5.74) is 2.76. The van der Waals surface area contributed by atoms with E-state index in [1.807, 2.05) is 20.8 Å². The monoisotopic (exact) mass is 320 g/mol. The van der Waals surface area contributed by atoms with Crippen molar-refractivity contribution >= 4 is 16.9 Å². The maximum absolute atomic E-state index is 12.2. The van der Waals surface area contributed by atoms with Crippen LogP contribution in [-0.4, -0.2) is 38.4 Å². The third kappa shape index (κ3) is 3.61. The number of nitrogens with zero attached hydrogens (tertiary/aromatic N) is 2. The second-order valence-electron chi connectivity index (χ2n) is 6.01. The number of hydrogen-bond donors (Lipinski definition) is 3. The molecule has 0 bridgehead atoms. The minimum absolute atomic E-state index is 0.00656. The second-order valence-corrected chi connectivity index (χ2v) is 6.01. The zero-order valence-corrected chi connectivity index (χ0v) is 14.1. The lowest BCUT2D eigenvalue weighted by molar-refractivity contribution is -0.121. The van der Waals surface area contributed by atoms with Crippen LogP contribution in [0.3, 0.4) is 0 Å². The molecule has 0 aromatic carbocycles. The van der Waals surface area contributed by atoms with E-state index in [4.69, 9.17) is 5.11 Å². The number of H-pyrrole nitrogens is 1. The fourth-order valence-corrected chi connectivity index (χ4v) is 2.86. The molecular weight excluding hydrogens is 296 g/mol. The molecule has 1 unspecified atom stereocenters. The predicted molar refractivity (Wildman–Crippen MR) is 88.4 cm³/mol. The van der Waals surface area contributed by atoms with E-state index in [-0.39, 0.29) is 30.5 Å². The number of carbonyl (C=O) groups is 1. The number of rotatable bonds is 6. The smallest absolute Gasteiger partial charge is 0.273 e. The molecule has 2 rings (SSSR count). The fraction of sp³-hybridized carbons (Fsp3) is 0.562. The Labute approximate surface area is 134 Å². The summed E-state index contributed by atoms with van der Waals surface area (Å²) in [6.45, 7) is 5.73. The van der Waals surface area contributed by atoms with Gasteiger partial charge in [0.1, 0.15) is 0 Å². The minimum Gasteiger partial charge on any atom is -0.396 e. The molecule has 126 valence electrons. The number of hydrogen-bond acceptors (Lipinski definition) is 4. The highest BCUT2D eigenvalue weighted by Crippen LogP contribution is 2.20. The molecule has 0 aliphatic heterocycles. The lowest BCUT2D eigenvalue weighted by Crippen LogP contribution is -2.34. The Kier molecular flexibility index (Phi) is 5.20. The molecule has 1 amide bonds. The van der Waals surface area contributed by atoms with Crippen LogP contribution in [0.5, 0.6) is 0 Å². The van der Waals surface area contributed by atoms with E-state index in [1.165, 1.54) is 0 Å². The molecule has 7 heteroatoms. The summed E-state index contributed by atoms with van der Waals surface area (Å²) in [6.07, 6.45) is 1.58. The van der Waals surface area contributed by atoms with Crippen molar-refractivity contribution in [1.82, 2.24) is 20.1 Å². The molecule has 2 aromatic rings. The van der Waals surface area contributed by atoms with Gasteiger partial charge in [-0.1, -0.05) is 0 Å². The Morgan fingerprint density at radius 3 is 2.78 bits per heavy atom. The Balaban J connectivity index is 2.25. The Bertz CT molecular complexity index is 776. The van der Waals surface area contributed by atoms with Crippen LogP contribution in [0.4, 0.5) is 0 Å². The van der Waals surface area contributed by atoms with E-state index in [2.05, 4.69) is 15.4 Å². The van der Waals surface area contributed by atoms with Crippen LogP contribution in [0.2, 0.25) is 0 Å². The van der Waals surface area contributed by atoms with Gasteiger partial charge in [-0.2, -0.15) is 0 Å². The van der Waals surface area contributed by atoms with Crippen LogP contribution in [-0.2, 0) is 18.3 Å². The highest BCUT2D eigenvalue weighted by Gasteiger charge is 2.18. The number of aliphatic hydroxyl groups is 1. The first-order valence-corrected chi connectivity index (χ1v) is 7.80. The van der Waals surface area contributed by atoms with Gasteiger partial charge in [-0.05, 0) is 44.7 Å². The summed E-state index contributed by atoms with van der Waals surface area (Å²) in [5.74, 6) is -0.102. The number of aliphatic hydroxyl groups excluding tert-OH is 1. The Morgan fingerprint density at radius 1 is 1.43 bits per heavy atom. The zero-order chi connectivity index (χ0) is 17.1. The van der Waals surface area contributed by atoms with E-state index >= 15 is 0 Å². The van der Waals surface area contributed by atoms with Crippen LogP contribution in [0, 0.1) is 13.8 Å². The van der Waals surface area contributed by atoms with E-state index in [1.54, 1.807) is 11.7 Å². The van der Waals surface area contributed by atoms with Crippen molar-refractivity contribution < 1.29 is 9.90 Å². The molecule has 2 aromatic heterocycles. The van der Waals surface area contributed by atoms with Gasteiger partial charge in [-0.25, -0.2) is 4.98 Å². The van der Waals surface area contributed by atoms with Crippen LogP contribution in [0.1, 0.15) is 36.6 Å². The normalized spacial score (nSPS) is 12.6. The molecule has 2 heterocycles. The summed E-state index contributed by atoms with van der Waals surface area (Å²) in [7, 11) is 1.74. The van der Waals surface area contributed by atoms with Crippen LogP contribution in [0.25, 0.3) is 11.0 Å². The molecular formula is C16H24N4O3. The number of pyridine rings is 1. The number of carbonyl (C=O) groups excluding carboxylic acids is 1. The number of aromatic amines is 1. The minimum atomic E-state index is -0.189. The number of nitrogens with one attached hydrogen (secondary N) is 2. The first kappa shape index (κ1) is 17.2. The third-order valence-corrected chi connectivity index (χ3v) is 4.12. The van der Waals surface area contributed by atoms with Crippen LogP contribution in [0.15, 0.2) is 4.79 Å². The molecule has 7 nitrogen and oxygen atoms in total. The fourth-order valence-electron chi connectivity index (χ4n) is 2.86. The highest BCUT2D eigenvalue weighted by atomic mass is 16.3. The summed E-state index contributed by atoms with van der Waals surface area (Å²) >= 11 is 0. The van der Waals surface area contributed by atoms with Gasteiger partial charge in [-0.3, -0.25) is 19.4 Å². The number of aromatic nitrogens is 3. The molecule has 0 aliphatic rings. The van der Waals surface area contributed by atoms with E-state index < -0.39 is 0 Å². The van der Waals surface area contributed by atoms with Gasteiger partial charge in [0.05, 0.1) is 11.8 Å². The summed E-state index contributed by atoms with van der Waals surface area (Å²) in [6, 6.07) is 0.00656. The molecule has 0 spiro atoms. The number of fused-ring (bicyclic) bond motifs is 1. The first-order valence-electron chi connectivity index (χ1n) is 7.80. The molecule has 0 saturated heterocycles. The summed E-state index contributed by atoms with van der Waals surface area (Å²) in [4.78, 5) is 28.7. The summed E-state index contributed by atoms with van der Waals surface area (Å²) < 4.78 is 1.60. The Morgan fingerprint density at radius 2 is 2.13 bits per heavy atom. The number of amides is 1. The van der Waals surface area contributed by atoms with E-state index in [0.29, 0.717) is 17.5 Å². The van der Waals surface area contributed by atoms with Gasteiger partial charge in [0, 0.05) is 25.4 Å². The van der Waals surface area contributed by atoms with Gasteiger partial charge in [0.2, 0.25) is 5.91 Å².